The summed E-state index contributed by atoms with van der Waals surface area (Å²) in [6.07, 6.45) is 0.844. The number of aryl methyl sites for hydroxylation is 1. The van der Waals surface area contributed by atoms with E-state index in [-0.39, 0.29) is 5.60 Å². The number of fused-ring (bicyclic) bond motifs is 1. The smallest absolute Gasteiger partial charge is 0.134 e. The van der Waals surface area contributed by atoms with E-state index in [1.54, 1.807) is 7.11 Å². The van der Waals surface area contributed by atoms with E-state index in [0.717, 1.165) is 30.9 Å². The van der Waals surface area contributed by atoms with Gasteiger partial charge in [-0.15, -0.1) is 0 Å². The lowest BCUT2D eigenvalue weighted by molar-refractivity contribution is -0.0532. The zero-order chi connectivity index (χ0) is 11.9. The second kappa shape index (κ2) is 3.86. The normalized spacial score (nSPS) is 18.2. The molecule has 1 aromatic carbocycles. The van der Waals surface area contributed by atoms with Crippen LogP contribution in [0.3, 0.4) is 0 Å². The number of methoxy groups -OCH3 is 1. The highest BCUT2D eigenvalue weighted by atomic mass is 16.5. The quantitative estimate of drug-likeness (QED) is 0.880. The van der Waals surface area contributed by atoms with Crippen LogP contribution in [0.4, 0.5) is 0 Å². The van der Waals surface area contributed by atoms with Crippen LogP contribution in [0, 0.1) is 6.92 Å². The Hall–Kier alpha value is -1.32. The minimum absolute atomic E-state index is 0.0708. The van der Waals surface area contributed by atoms with Crippen molar-refractivity contribution in [2.45, 2.75) is 18.9 Å². The van der Waals surface area contributed by atoms with Crippen LogP contribution in [0.25, 0.3) is 11.0 Å². The standard InChI is InChI=1S/C14H17NO2/c1-10-11-5-3-4-6-12(11)17-13(10)7-14(16-2)8-15-9-14/h3-6,15H,7-9H2,1-2H3. The molecule has 17 heavy (non-hydrogen) atoms. The minimum Gasteiger partial charge on any atom is -0.461 e. The molecule has 0 bridgehead atoms. The number of hydrogen-bond donors (Lipinski definition) is 1. The molecule has 1 saturated heterocycles. The maximum absolute atomic E-state index is 5.92. The Morgan fingerprint density at radius 3 is 2.71 bits per heavy atom. The molecule has 0 saturated carbocycles. The lowest BCUT2D eigenvalue weighted by Crippen LogP contribution is -2.61. The summed E-state index contributed by atoms with van der Waals surface area (Å²) in [4.78, 5) is 0. The van der Waals surface area contributed by atoms with Gasteiger partial charge in [0.1, 0.15) is 11.3 Å². The number of furan rings is 1. The number of para-hydroxylation sites is 1. The van der Waals surface area contributed by atoms with Crippen molar-refractivity contribution in [3.63, 3.8) is 0 Å². The highest BCUT2D eigenvalue weighted by molar-refractivity contribution is 5.81. The molecule has 3 rings (SSSR count). The molecule has 0 spiro atoms. The van der Waals surface area contributed by atoms with E-state index in [4.69, 9.17) is 9.15 Å². The molecule has 1 aliphatic rings. The van der Waals surface area contributed by atoms with Crippen molar-refractivity contribution in [1.29, 1.82) is 0 Å². The summed E-state index contributed by atoms with van der Waals surface area (Å²) in [6.45, 7) is 3.93. The highest BCUT2D eigenvalue weighted by Crippen LogP contribution is 2.30. The van der Waals surface area contributed by atoms with Gasteiger partial charge < -0.3 is 14.5 Å². The Bertz CT molecular complexity index is 535. The molecule has 3 heteroatoms. The predicted octanol–water partition coefficient (Wildman–Crippen LogP) is 2.27. The lowest BCUT2D eigenvalue weighted by Gasteiger charge is -2.40. The molecule has 0 radical (unpaired) electrons. The summed E-state index contributed by atoms with van der Waals surface area (Å²) in [5.41, 5.74) is 2.14. The van der Waals surface area contributed by atoms with E-state index in [2.05, 4.69) is 18.3 Å². The van der Waals surface area contributed by atoms with E-state index in [0.29, 0.717) is 0 Å². The number of benzene rings is 1. The molecule has 1 fully saturated rings. The Labute approximate surface area is 101 Å². The molecule has 90 valence electrons. The van der Waals surface area contributed by atoms with E-state index in [1.807, 2.05) is 18.2 Å². The first kappa shape index (κ1) is 10.8. The molecule has 2 heterocycles. The maximum atomic E-state index is 5.92. The van der Waals surface area contributed by atoms with Crippen LogP contribution in [0.5, 0.6) is 0 Å². The summed E-state index contributed by atoms with van der Waals surface area (Å²) < 4.78 is 11.5. The molecular weight excluding hydrogens is 214 g/mol. The summed E-state index contributed by atoms with van der Waals surface area (Å²) in [7, 11) is 1.78. The predicted molar refractivity (Wildman–Crippen MR) is 67.3 cm³/mol. The molecule has 1 aliphatic heterocycles. The van der Waals surface area contributed by atoms with Gasteiger partial charge in [-0.3, -0.25) is 0 Å². The molecule has 3 nitrogen and oxygen atoms in total. The number of hydrogen-bond acceptors (Lipinski definition) is 3. The van der Waals surface area contributed by atoms with Crippen LogP contribution in [0.15, 0.2) is 28.7 Å². The third-order valence-electron chi connectivity index (χ3n) is 3.75. The molecule has 1 aromatic heterocycles. The van der Waals surface area contributed by atoms with Crippen molar-refractivity contribution in [2.24, 2.45) is 0 Å². The highest BCUT2D eigenvalue weighted by Gasteiger charge is 2.38. The largest absolute Gasteiger partial charge is 0.461 e. The monoisotopic (exact) mass is 231 g/mol. The molecule has 0 amide bonds. The molecule has 0 aliphatic carbocycles. The van der Waals surface area contributed by atoms with Gasteiger partial charge in [0.05, 0.1) is 5.60 Å². The Morgan fingerprint density at radius 1 is 1.35 bits per heavy atom. The van der Waals surface area contributed by atoms with Gasteiger partial charge in [0.15, 0.2) is 0 Å². The lowest BCUT2D eigenvalue weighted by atomic mass is 9.90. The number of ether oxygens (including phenoxy) is 1. The average molecular weight is 231 g/mol. The van der Waals surface area contributed by atoms with Gasteiger partial charge in [-0.05, 0) is 18.6 Å². The maximum Gasteiger partial charge on any atom is 0.134 e. The third-order valence-corrected chi connectivity index (χ3v) is 3.75. The van der Waals surface area contributed by atoms with E-state index in [1.165, 1.54) is 10.9 Å². The van der Waals surface area contributed by atoms with Crippen molar-refractivity contribution in [3.8, 4) is 0 Å². The van der Waals surface area contributed by atoms with Gasteiger partial charge in [-0.1, -0.05) is 18.2 Å². The van der Waals surface area contributed by atoms with Crippen molar-refractivity contribution < 1.29 is 9.15 Å². The van der Waals surface area contributed by atoms with Crippen LogP contribution < -0.4 is 5.32 Å². The van der Waals surface area contributed by atoms with E-state index >= 15 is 0 Å². The molecule has 0 unspecified atom stereocenters. The molecule has 2 aromatic rings. The average Bonchev–Trinajstić information content (AvgIpc) is 2.62. The van der Waals surface area contributed by atoms with Gasteiger partial charge in [0.2, 0.25) is 0 Å². The Balaban J connectivity index is 1.98. The summed E-state index contributed by atoms with van der Waals surface area (Å²) in [5, 5.41) is 4.47. The van der Waals surface area contributed by atoms with Gasteiger partial charge in [-0.25, -0.2) is 0 Å². The minimum atomic E-state index is -0.0708. The second-order valence-electron chi connectivity index (χ2n) is 4.81. The Morgan fingerprint density at radius 2 is 2.12 bits per heavy atom. The third kappa shape index (κ3) is 1.66. The van der Waals surface area contributed by atoms with Crippen molar-refractivity contribution in [3.05, 3.63) is 35.6 Å². The fraction of sp³-hybridized carbons (Fsp3) is 0.429. The van der Waals surface area contributed by atoms with Gasteiger partial charge >= 0.3 is 0 Å². The van der Waals surface area contributed by atoms with Gasteiger partial charge in [-0.2, -0.15) is 0 Å². The summed E-state index contributed by atoms with van der Waals surface area (Å²) in [6, 6.07) is 8.18. The second-order valence-corrected chi connectivity index (χ2v) is 4.81. The van der Waals surface area contributed by atoms with Crippen LogP contribution in [-0.4, -0.2) is 25.8 Å². The van der Waals surface area contributed by atoms with Crippen LogP contribution in [0.1, 0.15) is 11.3 Å². The summed E-state index contributed by atoms with van der Waals surface area (Å²) >= 11 is 0. The van der Waals surface area contributed by atoms with Crippen molar-refractivity contribution in [2.75, 3.05) is 20.2 Å². The molecule has 0 atom stereocenters. The number of rotatable bonds is 3. The fourth-order valence-corrected chi connectivity index (χ4v) is 2.43. The first-order valence-electron chi connectivity index (χ1n) is 5.97. The molecular formula is C14H17NO2. The topological polar surface area (TPSA) is 34.4 Å². The SMILES string of the molecule is COC1(Cc2oc3ccccc3c2C)CNC1. The van der Waals surface area contributed by atoms with Crippen LogP contribution >= 0.6 is 0 Å². The van der Waals surface area contributed by atoms with Gasteiger partial charge in [0.25, 0.3) is 0 Å². The van der Waals surface area contributed by atoms with Crippen LogP contribution in [0.2, 0.25) is 0 Å². The summed E-state index contributed by atoms with van der Waals surface area (Å²) in [5.74, 6) is 1.05. The number of nitrogens with one attached hydrogen (secondary N) is 1. The van der Waals surface area contributed by atoms with E-state index in [9.17, 15) is 0 Å². The molecule has 1 N–H and O–H groups in total. The van der Waals surface area contributed by atoms with Crippen molar-refractivity contribution >= 4 is 11.0 Å². The Kier molecular flexibility index (Phi) is 2.45. The first-order chi connectivity index (χ1) is 8.24. The first-order valence-corrected chi connectivity index (χ1v) is 5.97. The van der Waals surface area contributed by atoms with E-state index < -0.39 is 0 Å². The zero-order valence-electron chi connectivity index (χ0n) is 10.2. The fourth-order valence-electron chi connectivity index (χ4n) is 2.43. The van der Waals surface area contributed by atoms with Gasteiger partial charge in [0, 0.05) is 32.0 Å². The van der Waals surface area contributed by atoms with Crippen molar-refractivity contribution in [1.82, 2.24) is 5.32 Å². The van der Waals surface area contributed by atoms with Crippen LogP contribution in [-0.2, 0) is 11.2 Å². The zero-order valence-corrected chi connectivity index (χ0v) is 10.2.